The van der Waals surface area contributed by atoms with Gasteiger partial charge in [0.15, 0.2) is 5.43 Å². The van der Waals surface area contributed by atoms with Crippen molar-refractivity contribution in [2.45, 2.75) is 6.92 Å². The fourth-order valence-corrected chi connectivity index (χ4v) is 1.99. The molecule has 1 rings (SSSR count). The molecule has 1 aromatic heterocycles. The molecule has 1 aromatic rings. The summed E-state index contributed by atoms with van der Waals surface area (Å²) in [5.74, 6) is 1.09. The van der Waals surface area contributed by atoms with Crippen molar-refractivity contribution in [3.63, 3.8) is 0 Å². The Morgan fingerprint density at radius 1 is 1.62 bits per heavy atom. The van der Waals surface area contributed by atoms with Crippen LogP contribution in [-0.2, 0) is 0 Å². The van der Waals surface area contributed by atoms with Gasteiger partial charge in [-0.2, -0.15) is 11.8 Å². The molecule has 0 aliphatic heterocycles. The van der Waals surface area contributed by atoms with Gasteiger partial charge in [-0.05, 0) is 17.9 Å². The summed E-state index contributed by atoms with van der Waals surface area (Å²) >= 11 is 1.74. The van der Waals surface area contributed by atoms with Gasteiger partial charge in [-0.15, -0.1) is 0 Å². The lowest BCUT2D eigenvalue weighted by atomic mass is 10.2. The first-order chi connectivity index (χ1) is 7.65. The fourth-order valence-electron chi connectivity index (χ4n) is 1.30. The van der Waals surface area contributed by atoms with Crippen LogP contribution in [0.3, 0.4) is 0 Å². The molecule has 4 nitrogen and oxygen atoms in total. The second-order valence-electron chi connectivity index (χ2n) is 3.69. The Morgan fingerprint density at radius 2 is 2.38 bits per heavy atom. The maximum absolute atomic E-state index is 11.6. The Hall–Kier alpha value is -1.23. The largest absolute Gasteiger partial charge is 0.367 e. The Kier molecular flexibility index (Phi) is 5.11. The third kappa shape index (κ3) is 3.73. The highest BCUT2D eigenvalue weighted by atomic mass is 32.2. The fraction of sp³-hybridized carbons (Fsp3) is 0.455. The highest BCUT2D eigenvalue weighted by Gasteiger charge is 2.10. The summed E-state index contributed by atoms with van der Waals surface area (Å²) in [4.78, 5) is 25.7. The molecular weight excluding hydrogens is 224 g/mol. The second kappa shape index (κ2) is 6.37. The monoisotopic (exact) mass is 240 g/mol. The van der Waals surface area contributed by atoms with E-state index >= 15 is 0 Å². The van der Waals surface area contributed by atoms with Crippen LogP contribution in [0.2, 0.25) is 0 Å². The van der Waals surface area contributed by atoms with Gasteiger partial charge in [0.05, 0.1) is 0 Å². The number of hydrogen-bond donors (Lipinski definition) is 2. The van der Waals surface area contributed by atoms with E-state index in [1.165, 1.54) is 18.5 Å². The summed E-state index contributed by atoms with van der Waals surface area (Å²) in [6, 6.07) is 1.35. The van der Waals surface area contributed by atoms with Gasteiger partial charge in [0.1, 0.15) is 5.56 Å². The zero-order valence-corrected chi connectivity index (χ0v) is 10.3. The molecule has 5 heteroatoms. The van der Waals surface area contributed by atoms with Gasteiger partial charge < -0.3 is 10.3 Å². The Bertz CT molecular complexity index is 403. The molecule has 2 N–H and O–H groups in total. The topological polar surface area (TPSA) is 62.0 Å². The van der Waals surface area contributed by atoms with Crippen molar-refractivity contribution in [1.82, 2.24) is 10.3 Å². The van der Waals surface area contributed by atoms with E-state index in [0.717, 1.165) is 5.75 Å². The summed E-state index contributed by atoms with van der Waals surface area (Å²) in [6.45, 7) is 2.65. The number of hydrogen-bond acceptors (Lipinski definition) is 3. The van der Waals surface area contributed by atoms with Gasteiger partial charge in [0.25, 0.3) is 5.91 Å². The lowest BCUT2D eigenvalue weighted by Gasteiger charge is -2.10. The van der Waals surface area contributed by atoms with E-state index in [9.17, 15) is 9.59 Å². The van der Waals surface area contributed by atoms with Crippen molar-refractivity contribution in [3.05, 3.63) is 34.2 Å². The highest BCUT2D eigenvalue weighted by molar-refractivity contribution is 7.98. The van der Waals surface area contributed by atoms with E-state index in [1.807, 2.05) is 6.26 Å². The summed E-state index contributed by atoms with van der Waals surface area (Å²) in [7, 11) is 0. The average molecular weight is 240 g/mol. The van der Waals surface area contributed by atoms with Gasteiger partial charge in [-0.25, -0.2) is 0 Å². The first-order valence-corrected chi connectivity index (χ1v) is 6.48. The van der Waals surface area contributed by atoms with E-state index < -0.39 is 0 Å². The van der Waals surface area contributed by atoms with Crippen molar-refractivity contribution in [2.75, 3.05) is 18.6 Å². The van der Waals surface area contributed by atoms with Gasteiger partial charge in [-0.1, -0.05) is 6.92 Å². The number of carbonyl (C=O) groups excluding carboxylic acids is 1. The highest BCUT2D eigenvalue weighted by Crippen LogP contribution is 2.02. The molecule has 16 heavy (non-hydrogen) atoms. The van der Waals surface area contributed by atoms with Gasteiger partial charge >= 0.3 is 0 Å². The minimum Gasteiger partial charge on any atom is -0.367 e. The van der Waals surface area contributed by atoms with E-state index in [4.69, 9.17) is 0 Å². The molecule has 0 aliphatic rings. The number of rotatable bonds is 5. The zero-order chi connectivity index (χ0) is 12.0. The molecule has 1 unspecified atom stereocenters. The van der Waals surface area contributed by atoms with Crippen LogP contribution in [0.1, 0.15) is 17.3 Å². The smallest absolute Gasteiger partial charge is 0.256 e. The minimum atomic E-state index is -0.310. The normalized spacial score (nSPS) is 12.1. The summed E-state index contributed by atoms with van der Waals surface area (Å²) in [6.07, 6.45) is 4.96. The number of amides is 1. The molecule has 0 saturated carbocycles. The molecule has 88 valence electrons. The third-order valence-corrected chi connectivity index (χ3v) is 3.03. The summed E-state index contributed by atoms with van der Waals surface area (Å²) < 4.78 is 0. The van der Waals surface area contributed by atoms with Gasteiger partial charge in [0, 0.05) is 25.0 Å². The Balaban J connectivity index is 2.54. The maximum Gasteiger partial charge on any atom is 0.256 e. The number of nitrogens with one attached hydrogen (secondary N) is 2. The second-order valence-corrected chi connectivity index (χ2v) is 4.60. The van der Waals surface area contributed by atoms with Crippen LogP contribution >= 0.6 is 11.8 Å². The lowest BCUT2D eigenvalue weighted by molar-refractivity contribution is 0.0948. The van der Waals surface area contributed by atoms with Crippen LogP contribution in [0.25, 0.3) is 0 Å². The molecule has 0 fully saturated rings. The summed E-state index contributed by atoms with van der Waals surface area (Å²) in [5, 5.41) is 2.75. The predicted octanol–water partition coefficient (Wildman–Crippen LogP) is 1.10. The summed E-state index contributed by atoms with van der Waals surface area (Å²) in [5.41, 5.74) is -0.0902. The average Bonchev–Trinajstić information content (AvgIpc) is 2.27. The van der Waals surface area contributed by atoms with Crippen LogP contribution in [0, 0.1) is 5.92 Å². The van der Waals surface area contributed by atoms with E-state index in [1.54, 1.807) is 11.8 Å². The molecule has 0 bridgehead atoms. The number of aromatic amines is 1. The van der Waals surface area contributed by atoms with Crippen LogP contribution < -0.4 is 10.7 Å². The van der Waals surface area contributed by atoms with Gasteiger partial charge in [-0.3, -0.25) is 9.59 Å². The van der Waals surface area contributed by atoms with Crippen molar-refractivity contribution in [2.24, 2.45) is 5.92 Å². The first-order valence-electron chi connectivity index (χ1n) is 5.09. The molecular formula is C11H16N2O2S. The minimum absolute atomic E-state index is 0.166. The van der Waals surface area contributed by atoms with Crippen LogP contribution in [0.15, 0.2) is 23.3 Å². The number of pyridine rings is 1. The number of thioether (sulfide) groups is 1. The standard InChI is InChI=1S/C11H16N2O2S/c1-8(7-16-2)5-13-11(15)9-6-12-4-3-10(9)14/h3-4,6,8H,5,7H2,1-2H3,(H,12,14)(H,13,15). The van der Waals surface area contributed by atoms with Crippen molar-refractivity contribution in [3.8, 4) is 0 Å². The Morgan fingerprint density at radius 3 is 3.00 bits per heavy atom. The molecule has 0 radical (unpaired) electrons. The molecule has 1 heterocycles. The molecule has 1 amide bonds. The maximum atomic E-state index is 11.6. The van der Waals surface area contributed by atoms with Crippen molar-refractivity contribution < 1.29 is 4.79 Å². The van der Waals surface area contributed by atoms with Crippen LogP contribution in [0.4, 0.5) is 0 Å². The third-order valence-electron chi connectivity index (χ3n) is 2.13. The predicted molar refractivity (Wildman–Crippen MR) is 66.9 cm³/mol. The van der Waals surface area contributed by atoms with E-state index in [2.05, 4.69) is 17.2 Å². The number of aromatic nitrogens is 1. The quantitative estimate of drug-likeness (QED) is 0.810. The van der Waals surface area contributed by atoms with Crippen molar-refractivity contribution in [1.29, 1.82) is 0 Å². The van der Waals surface area contributed by atoms with Crippen molar-refractivity contribution >= 4 is 17.7 Å². The van der Waals surface area contributed by atoms with Gasteiger partial charge in [0.2, 0.25) is 0 Å². The zero-order valence-electron chi connectivity index (χ0n) is 9.45. The van der Waals surface area contributed by atoms with Crippen LogP contribution in [-0.4, -0.2) is 29.4 Å². The molecule has 0 spiro atoms. The SMILES string of the molecule is CSCC(C)CNC(=O)c1c[nH]ccc1=O. The number of carbonyl (C=O) groups is 1. The molecule has 0 saturated heterocycles. The molecule has 1 atom stereocenters. The first kappa shape index (κ1) is 12.8. The number of H-pyrrole nitrogens is 1. The van der Waals surface area contributed by atoms with E-state index in [-0.39, 0.29) is 16.9 Å². The lowest BCUT2D eigenvalue weighted by Crippen LogP contribution is -2.32. The Labute approximate surface area is 98.8 Å². The molecule has 0 aliphatic carbocycles. The molecule has 0 aromatic carbocycles. The van der Waals surface area contributed by atoms with Crippen LogP contribution in [0.5, 0.6) is 0 Å². The van der Waals surface area contributed by atoms with E-state index in [0.29, 0.717) is 12.5 Å².